The van der Waals surface area contributed by atoms with Gasteiger partial charge in [-0.15, -0.1) is 0 Å². The highest BCUT2D eigenvalue weighted by Crippen LogP contribution is 2.22. The van der Waals surface area contributed by atoms with Crippen LogP contribution >= 0.6 is 0 Å². The van der Waals surface area contributed by atoms with Crippen molar-refractivity contribution in [2.75, 3.05) is 11.4 Å². The monoisotopic (exact) mass is 245 g/mol. The van der Waals surface area contributed by atoms with E-state index in [2.05, 4.69) is 56.0 Å². The largest absolute Gasteiger partial charge is 0.369 e. The topological polar surface area (TPSA) is 53.0 Å². The number of benzene rings is 1. The van der Waals surface area contributed by atoms with E-state index in [-0.39, 0.29) is 6.04 Å². The number of hydrogen-bond donors (Lipinski definition) is 1. The summed E-state index contributed by atoms with van der Waals surface area (Å²) in [7, 11) is 0. The molecule has 0 aliphatic carbocycles. The third-order valence-electron chi connectivity index (χ3n) is 3.18. The molecule has 18 heavy (non-hydrogen) atoms. The fourth-order valence-electron chi connectivity index (χ4n) is 2.32. The number of aryl methyl sites for hydroxylation is 1. The number of anilines is 1. The quantitative estimate of drug-likeness (QED) is 0.868. The van der Waals surface area contributed by atoms with Crippen molar-refractivity contribution in [2.45, 2.75) is 45.7 Å². The summed E-state index contributed by atoms with van der Waals surface area (Å²) in [6, 6.07) is 10.8. The van der Waals surface area contributed by atoms with Crippen LogP contribution in [0, 0.1) is 18.3 Å². The third kappa shape index (κ3) is 3.75. The van der Waals surface area contributed by atoms with E-state index >= 15 is 0 Å². The Kier molecular flexibility index (Phi) is 4.75. The average molecular weight is 245 g/mol. The summed E-state index contributed by atoms with van der Waals surface area (Å²) in [6.07, 6.45) is 0.658. The lowest BCUT2D eigenvalue weighted by Gasteiger charge is -2.33. The Labute approximate surface area is 110 Å². The van der Waals surface area contributed by atoms with Crippen LogP contribution in [0.15, 0.2) is 24.3 Å². The first kappa shape index (κ1) is 14.5. The minimum atomic E-state index is -0.767. The number of nitrogens with two attached hydrogens (primary N) is 1. The van der Waals surface area contributed by atoms with Gasteiger partial charge in [0.15, 0.2) is 0 Å². The van der Waals surface area contributed by atoms with Crippen molar-refractivity contribution < 1.29 is 0 Å². The molecule has 98 valence electrons. The minimum Gasteiger partial charge on any atom is -0.369 e. The van der Waals surface area contributed by atoms with E-state index < -0.39 is 5.54 Å². The van der Waals surface area contributed by atoms with Crippen LogP contribution in [0.4, 0.5) is 5.69 Å². The van der Waals surface area contributed by atoms with Crippen LogP contribution in [0.3, 0.4) is 0 Å². The first-order valence-corrected chi connectivity index (χ1v) is 6.43. The third-order valence-corrected chi connectivity index (χ3v) is 3.18. The van der Waals surface area contributed by atoms with Crippen LogP contribution in [0.25, 0.3) is 0 Å². The predicted octanol–water partition coefficient (Wildman–Crippen LogP) is 2.84. The molecular formula is C15H23N3. The summed E-state index contributed by atoms with van der Waals surface area (Å²) in [6.45, 7) is 9.03. The van der Waals surface area contributed by atoms with E-state index in [0.29, 0.717) is 6.42 Å². The van der Waals surface area contributed by atoms with Crippen molar-refractivity contribution in [3.05, 3.63) is 29.8 Å². The smallest absolute Gasteiger partial charge is 0.103 e. The van der Waals surface area contributed by atoms with E-state index in [9.17, 15) is 0 Å². The average Bonchev–Trinajstić information content (AvgIpc) is 2.29. The molecule has 1 aromatic rings. The predicted molar refractivity (Wildman–Crippen MR) is 76.5 cm³/mol. The zero-order chi connectivity index (χ0) is 13.8. The van der Waals surface area contributed by atoms with Gasteiger partial charge in [0.1, 0.15) is 5.54 Å². The maximum absolute atomic E-state index is 9.02. The van der Waals surface area contributed by atoms with Crippen molar-refractivity contribution >= 4 is 5.69 Å². The van der Waals surface area contributed by atoms with Gasteiger partial charge in [-0.1, -0.05) is 12.1 Å². The molecule has 0 saturated carbocycles. The van der Waals surface area contributed by atoms with Crippen molar-refractivity contribution in [1.29, 1.82) is 5.26 Å². The SMILES string of the molecule is CCN(c1cccc(C)c1)C(C)CC(C)(N)C#N. The van der Waals surface area contributed by atoms with Gasteiger partial charge in [0, 0.05) is 18.3 Å². The standard InChI is InChI=1S/C15H23N3/c1-5-18(13(3)10-15(4,17)11-16)14-8-6-7-12(2)9-14/h6-9,13H,5,10,17H2,1-4H3. The van der Waals surface area contributed by atoms with E-state index in [1.165, 1.54) is 11.3 Å². The molecule has 0 aromatic heterocycles. The van der Waals surface area contributed by atoms with Gasteiger partial charge in [0.2, 0.25) is 0 Å². The van der Waals surface area contributed by atoms with Gasteiger partial charge < -0.3 is 10.6 Å². The molecule has 0 spiro atoms. The molecule has 0 heterocycles. The Balaban J connectivity index is 2.87. The van der Waals surface area contributed by atoms with Crippen LogP contribution in [0.5, 0.6) is 0 Å². The summed E-state index contributed by atoms with van der Waals surface area (Å²) in [4.78, 5) is 2.29. The number of rotatable bonds is 5. The lowest BCUT2D eigenvalue weighted by Crippen LogP contribution is -2.44. The van der Waals surface area contributed by atoms with E-state index in [0.717, 1.165) is 6.54 Å². The molecule has 0 saturated heterocycles. The molecule has 0 amide bonds. The Bertz CT molecular complexity index is 432. The summed E-state index contributed by atoms with van der Waals surface area (Å²) in [5.41, 5.74) is 7.60. The normalized spacial score (nSPS) is 15.6. The van der Waals surface area contributed by atoms with Crippen LogP contribution < -0.4 is 10.6 Å². The van der Waals surface area contributed by atoms with Gasteiger partial charge in [-0.05, 0) is 51.8 Å². The fraction of sp³-hybridized carbons (Fsp3) is 0.533. The molecule has 0 aliphatic heterocycles. The van der Waals surface area contributed by atoms with E-state index in [4.69, 9.17) is 11.0 Å². The molecule has 2 atom stereocenters. The minimum absolute atomic E-state index is 0.242. The lowest BCUT2D eigenvalue weighted by molar-refractivity contribution is 0.470. The van der Waals surface area contributed by atoms with Gasteiger partial charge in [-0.3, -0.25) is 0 Å². The molecule has 3 heteroatoms. The first-order valence-electron chi connectivity index (χ1n) is 6.43. The Hall–Kier alpha value is -1.53. The van der Waals surface area contributed by atoms with Gasteiger partial charge >= 0.3 is 0 Å². The summed E-state index contributed by atoms with van der Waals surface area (Å²) in [5.74, 6) is 0. The number of nitrogens with zero attached hydrogens (tertiary/aromatic N) is 2. The highest BCUT2D eigenvalue weighted by molar-refractivity contribution is 5.49. The highest BCUT2D eigenvalue weighted by atomic mass is 15.2. The molecule has 2 N–H and O–H groups in total. The van der Waals surface area contributed by atoms with Gasteiger partial charge in [-0.2, -0.15) is 5.26 Å². The van der Waals surface area contributed by atoms with Crippen LogP contribution in [-0.4, -0.2) is 18.1 Å². The van der Waals surface area contributed by atoms with Crippen molar-refractivity contribution in [2.24, 2.45) is 5.73 Å². The molecule has 0 bridgehead atoms. The lowest BCUT2D eigenvalue weighted by atomic mass is 9.95. The summed E-state index contributed by atoms with van der Waals surface area (Å²) >= 11 is 0. The highest BCUT2D eigenvalue weighted by Gasteiger charge is 2.24. The molecular weight excluding hydrogens is 222 g/mol. The zero-order valence-electron chi connectivity index (χ0n) is 11.8. The molecule has 0 radical (unpaired) electrons. The van der Waals surface area contributed by atoms with Crippen LogP contribution in [0.1, 0.15) is 32.8 Å². The van der Waals surface area contributed by atoms with Crippen LogP contribution in [0.2, 0.25) is 0 Å². The fourth-order valence-corrected chi connectivity index (χ4v) is 2.32. The molecule has 3 nitrogen and oxygen atoms in total. The number of nitriles is 1. The second kappa shape index (κ2) is 5.88. The number of hydrogen-bond acceptors (Lipinski definition) is 3. The maximum atomic E-state index is 9.02. The van der Waals surface area contributed by atoms with Crippen LogP contribution in [-0.2, 0) is 0 Å². The molecule has 0 aliphatic rings. The molecule has 1 aromatic carbocycles. The zero-order valence-corrected chi connectivity index (χ0v) is 11.8. The van der Waals surface area contributed by atoms with Gasteiger partial charge in [0.25, 0.3) is 0 Å². The second-order valence-corrected chi connectivity index (χ2v) is 5.21. The second-order valence-electron chi connectivity index (χ2n) is 5.21. The van der Waals surface area contributed by atoms with E-state index in [1.54, 1.807) is 6.92 Å². The Morgan fingerprint density at radius 3 is 2.67 bits per heavy atom. The Morgan fingerprint density at radius 2 is 2.17 bits per heavy atom. The van der Waals surface area contributed by atoms with Crippen molar-refractivity contribution in [1.82, 2.24) is 0 Å². The summed E-state index contributed by atoms with van der Waals surface area (Å²) in [5, 5.41) is 9.02. The van der Waals surface area contributed by atoms with Gasteiger partial charge in [0.05, 0.1) is 6.07 Å². The maximum Gasteiger partial charge on any atom is 0.103 e. The summed E-state index contributed by atoms with van der Waals surface area (Å²) < 4.78 is 0. The van der Waals surface area contributed by atoms with E-state index in [1.807, 2.05) is 0 Å². The Morgan fingerprint density at radius 1 is 1.50 bits per heavy atom. The molecule has 1 rings (SSSR count). The molecule has 2 unspecified atom stereocenters. The van der Waals surface area contributed by atoms with Crippen molar-refractivity contribution in [3.63, 3.8) is 0 Å². The van der Waals surface area contributed by atoms with Crippen molar-refractivity contribution in [3.8, 4) is 6.07 Å². The van der Waals surface area contributed by atoms with Gasteiger partial charge in [-0.25, -0.2) is 0 Å². The molecule has 0 fully saturated rings. The first-order chi connectivity index (χ1) is 8.39.